The van der Waals surface area contributed by atoms with Crippen molar-refractivity contribution in [2.75, 3.05) is 11.5 Å². The maximum Gasteiger partial charge on any atom is 0.300 e. The first-order chi connectivity index (χ1) is 15.8. The monoisotopic (exact) mass is 525 g/mol. The Balaban J connectivity index is 1.89. The van der Waals surface area contributed by atoms with Crippen LogP contribution in [0.5, 0.6) is 5.75 Å². The zero-order valence-electron chi connectivity index (χ0n) is 18.0. The zero-order valence-corrected chi connectivity index (χ0v) is 20.4. The number of amides is 1. The quantitative estimate of drug-likeness (QED) is 0.236. The first kappa shape index (κ1) is 23.1. The second-order valence-electron chi connectivity index (χ2n) is 7.61. The van der Waals surface area contributed by atoms with Crippen molar-refractivity contribution in [1.82, 2.24) is 0 Å². The topological polar surface area (TPSA) is 66.8 Å². The van der Waals surface area contributed by atoms with E-state index < -0.39 is 17.7 Å². The van der Waals surface area contributed by atoms with Crippen LogP contribution in [-0.2, 0) is 9.59 Å². The van der Waals surface area contributed by atoms with Crippen LogP contribution in [0.15, 0.2) is 76.8 Å². The van der Waals surface area contributed by atoms with Gasteiger partial charge in [-0.3, -0.25) is 14.5 Å². The molecule has 1 aliphatic rings. The fourth-order valence-corrected chi connectivity index (χ4v) is 4.25. The van der Waals surface area contributed by atoms with E-state index in [0.29, 0.717) is 34.2 Å². The van der Waals surface area contributed by atoms with E-state index in [1.165, 1.54) is 4.90 Å². The molecular weight excluding hydrogens is 506 g/mol. The average molecular weight is 527 g/mol. The number of aliphatic hydroxyl groups is 1. The molecule has 3 aromatic carbocycles. The van der Waals surface area contributed by atoms with Gasteiger partial charge in [0.25, 0.3) is 11.7 Å². The Morgan fingerprint density at radius 1 is 1.06 bits per heavy atom. The predicted octanol–water partition coefficient (Wildman–Crippen LogP) is 6.44. The van der Waals surface area contributed by atoms with E-state index in [2.05, 4.69) is 15.9 Å². The predicted molar refractivity (Wildman–Crippen MR) is 133 cm³/mol. The molecule has 0 radical (unpaired) electrons. The van der Waals surface area contributed by atoms with Crippen molar-refractivity contribution in [3.05, 3.63) is 98.5 Å². The van der Waals surface area contributed by atoms with Crippen LogP contribution >= 0.6 is 27.5 Å². The molecule has 33 heavy (non-hydrogen) atoms. The summed E-state index contributed by atoms with van der Waals surface area (Å²) in [5.41, 5.74) is 2.55. The number of ether oxygens (including phenoxy) is 1. The minimum Gasteiger partial charge on any atom is -0.507 e. The van der Waals surface area contributed by atoms with Crippen molar-refractivity contribution < 1.29 is 19.4 Å². The SMILES string of the molecule is CCOc1ccc(N2C(=O)C(=O)/C(=C(\O)c3ccc(Br)c(C)c3)C2c2ccc(Cl)cc2)cc1. The van der Waals surface area contributed by atoms with Crippen LogP contribution in [-0.4, -0.2) is 23.4 Å². The number of nitrogens with zero attached hydrogens (tertiary/aromatic N) is 1. The van der Waals surface area contributed by atoms with E-state index in [1.54, 1.807) is 66.7 Å². The van der Waals surface area contributed by atoms with Gasteiger partial charge in [-0.25, -0.2) is 0 Å². The summed E-state index contributed by atoms with van der Waals surface area (Å²) >= 11 is 9.52. The van der Waals surface area contributed by atoms with Crippen molar-refractivity contribution in [3.63, 3.8) is 0 Å². The Morgan fingerprint density at radius 3 is 2.33 bits per heavy atom. The number of hydrogen-bond donors (Lipinski definition) is 1. The minimum absolute atomic E-state index is 0.0259. The highest BCUT2D eigenvalue weighted by atomic mass is 79.9. The second kappa shape index (κ2) is 9.41. The summed E-state index contributed by atoms with van der Waals surface area (Å²) in [6.45, 7) is 4.29. The third-order valence-corrected chi connectivity index (χ3v) is 6.63. The number of ketones is 1. The van der Waals surface area contributed by atoms with Crippen molar-refractivity contribution in [2.24, 2.45) is 0 Å². The lowest BCUT2D eigenvalue weighted by atomic mass is 9.94. The van der Waals surface area contributed by atoms with Gasteiger partial charge < -0.3 is 9.84 Å². The van der Waals surface area contributed by atoms with Crippen LogP contribution in [0.4, 0.5) is 5.69 Å². The molecule has 7 heteroatoms. The molecule has 1 atom stereocenters. The summed E-state index contributed by atoms with van der Waals surface area (Å²) in [5, 5.41) is 11.7. The smallest absolute Gasteiger partial charge is 0.300 e. The number of aliphatic hydroxyl groups excluding tert-OH is 1. The summed E-state index contributed by atoms with van der Waals surface area (Å²) in [6, 6.07) is 18.3. The minimum atomic E-state index is -0.816. The molecule has 0 bridgehead atoms. The van der Waals surface area contributed by atoms with E-state index in [4.69, 9.17) is 16.3 Å². The van der Waals surface area contributed by atoms with Crippen molar-refractivity contribution in [2.45, 2.75) is 19.9 Å². The molecule has 1 saturated heterocycles. The number of aryl methyl sites for hydroxylation is 1. The molecule has 1 amide bonds. The highest BCUT2D eigenvalue weighted by molar-refractivity contribution is 9.10. The van der Waals surface area contributed by atoms with Crippen LogP contribution in [0.25, 0.3) is 5.76 Å². The Kier molecular flexibility index (Phi) is 6.58. The molecule has 1 heterocycles. The number of hydrogen-bond acceptors (Lipinski definition) is 4. The molecule has 168 valence electrons. The Morgan fingerprint density at radius 2 is 1.73 bits per heavy atom. The zero-order chi connectivity index (χ0) is 23.7. The van der Waals surface area contributed by atoms with E-state index in [9.17, 15) is 14.7 Å². The van der Waals surface area contributed by atoms with Crippen LogP contribution in [0, 0.1) is 6.92 Å². The van der Waals surface area contributed by atoms with Crippen molar-refractivity contribution in [1.29, 1.82) is 0 Å². The second-order valence-corrected chi connectivity index (χ2v) is 8.90. The van der Waals surface area contributed by atoms with Gasteiger partial charge in [0.2, 0.25) is 0 Å². The molecular formula is C26H21BrClNO4. The lowest BCUT2D eigenvalue weighted by Gasteiger charge is -2.25. The van der Waals surface area contributed by atoms with Gasteiger partial charge in [0.05, 0.1) is 18.2 Å². The number of carbonyl (C=O) groups is 2. The maximum atomic E-state index is 13.2. The van der Waals surface area contributed by atoms with E-state index >= 15 is 0 Å². The van der Waals surface area contributed by atoms with E-state index in [1.807, 2.05) is 13.8 Å². The average Bonchev–Trinajstić information content (AvgIpc) is 3.07. The molecule has 0 spiro atoms. The highest BCUT2D eigenvalue weighted by Crippen LogP contribution is 2.42. The number of benzene rings is 3. The van der Waals surface area contributed by atoms with Gasteiger partial charge in [0.15, 0.2) is 0 Å². The molecule has 1 fully saturated rings. The summed E-state index contributed by atoms with van der Waals surface area (Å²) in [5.74, 6) is -1.03. The van der Waals surface area contributed by atoms with Gasteiger partial charge in [0, 0.05) is 20.7 Å². The van der Waals surface area contributed by atoms with Crippen LogP contribution in [0.1, 0.15) is 29.7 Å². The molecule has 3 aromatic rings. The Bertz CT molecular complexity index is 1250. The van der Waals surface area contributed by atoms with Gasteiger partial charge in [-0.15, -0.1) is 0 Å². The summed E-state index contributed by atoms with van der Waals surface area (Å²) in [4.78, 5) is 27.8. The first-order valence-electron chi connectivity index (χ1n) is 10.4. The highest BCUT2D eigenvalue weighted by Gasteiger charge is 2.47. The summed E-state index contributed by atoms with van der Waals surface area (Å²) in [7, 11) is 0. The fourth-order valence-electron chi connectivity index (χ4n) is 3.88. The number of Topliss-reactive ketones (excluding diaryl/α,β-unsaturated/α-hetero) is 1. The van der Waals surface area contributed by atoms with E-state index in [0.717, 1.165) is 10.0 Å². The first-order valence-corrected chi connectivity index (χ1v) is 11.5. The van der Waals surface area contributed by atoms with Crippen LogP contribution in [0.2, 0.25) is 5.02 Å². The summed E-state index contributed by atoms with van der Waals surface area (Å²) in [6.07, 6.45) is 0. The molecule has 5 nitrogen and oxygen atoms in total. The number of rotatable bonds is 5. The van der Waals surface area contributed by atoms with Gasteiger partial charge in [-0.2, -0.15) is 0 Å². The van der Waals surface area contributed by atoms with Crippen molar-refractivity contribution in [3.8, 4) is 5.75 Å². The lowest BCUT2D eigenvalue weighted by molar-refractivity contribution is -0.132. The largest absolute Gasteiger partial charge is 0.507 e. The normalized spacial score (nSPS) is 17.5. The maximum absolute atomic E-state index is 13.2. The lowest BCUT2D eigenvalue weighted by Crippen LogP contribution is -2.29. The van der Waals surface area contributed by atoms with Crippen LogP contribution in [0.3, 0.4) is 0 Å². The van der Waals surface area contributed by atoms with Crippen LogP contribution < -0.4 is 9.64 Å². The van der Waals surface area contributed by atoms with Gasteiger partial charge in [0.1, 0.15) is 11.5 Å². The van der Waals surface area contributed by atoms with Gasteiger partial charge >= 0.3 is 0 Å². The molecule has 1 unspecified atom stereocenters. The third kappa shape index (κ3) is 4.41. The van der Waals surface area contributed by atoms with Gasteiger partial charge in [-0.05, 0) is 73.5 Å². The molecule has 4 rings (SSSR count). The van der Waals surface area contributed by atoms with Crippen molar-refractivity contribution >= 4 is 50.7 Å². The third-order valence-electron chi connectivity index (χ3n) is 5.49. The number of carbonyl (C=O) groups excluding carboxylic acids is 2. The molecule has 0 aliphatic carbocycles. The Labute approximate surface area is 205 Å². The number of anilines is 1. The molecule has 0 saturated carbocycles. The fraction of sp³-hybridized carbons (Fsp3) is 0.154. The number of halogens is 2. The Hall–Kier alpha value is -3.09. The summed E-state index contributed by atoms with van der Waals surface area (Å²) < 4.78 is 6.37. The molecule has 1 N–H and O–H groups in total. The molecule has 1 aliphatic heterocycles. The van der Waals surface area contributed by atoms with Gasteiger partial charge in [-0.1, -0.05) is 45.7 Å². The van der Waals surface area contributed by atoms with E-state index in [-0.39, 0.29) is 11.3 Å². The molecule has 0 aromatic heterocycles. The standard InChI is InChI=1S/C26H21BrClNO4/c1-3-33-20-11-9-19(10-12-20)29-23(16-4-7-18(28)8-5-16)22(25(31)26(29)32)24(30)17-6-13-21(27)15(2)14-17/h4-14,23,30H,3H2,1-2H3/b24-22-.